The van der Waals surface area contributed by atoms with Gasteiger partial charge in [0.1, 0.15) is 0 Å². The Kier molecular flexibility index (Phi) is 5.36. The molecule has 0 aromatic heterocycles. The van der Waals surface area contributed by atoms with E-state index in [4.69, 9.17) is 0 Å². The summed E-state index contributed by atoms with van der Waals surface area (Å²) in [5.74, 6) is 0. The SMILES string of the molecule is C(=C/C[NH+]1CCCCC1)/C[NH+]1CCCCC1. The van der Waals surface area contributed by atoms with Crippen LogP contribution >= 0.6 is 0 Å². The van der Waals surface area contributed by atoms with Gasteiger partial charge in [0, 0.05) is 0 Å². The summed E-state index contributed by atoms with van der Waals surface area (Å²) >= 11 is 0. The predicted octanol–water partition coefficient (Wildman–Crippen LogP) is -0.320. The molecule has 0 atom stereocenters. The Morgan fingerprint density at radius 3 is 1.31 bits per heavy atom. The molecular weight excluding hydrogens is 196 g/mol. The van der Waals surface area contributed by atoms with Crippen LogP contribution in [-0.4, -0.2) is 39.3 Å². The van der Waals surface area contributed by atoms with Gasteiger partial charge in [-0.2, -0.15) is 0 Å². The van der Waals surface area contributed by atoms with E-state index >= 15 is 0 Å². The largest absolute Gasteiger partial charge is 0.332 e. The van der Waals surface area contributed by atoms with Crippen LogP contribution in [0.4, 0.5) is 0 Å². The Morgan fingerprint density at radius 1 is 0.562 bits per heavy atom. The van der Waals surface area contributed by atoms with Crippen molar-refractivity contribution in [1.82, 2.24) is 0 Å². The molecule has 0 amide bonds. The van der Waals surface area contributed by atoms with E-state index in [1.807, 2.05) is 0 Å². The third-order valence-electron chi connectivity index (χ3n) is 4.10. The topological polar surface area (TPSA) is 8.88 Å². The number of hydrogen-bond donors (Lipinski definition) is 2. The van der Waals surface area contributed by atoms with Crippen molar-refractivity contribution < 1.29 is 9.80 Å². The van der Waals surface area contributed by atoms with Crippen LogP contribution in [0.2, 0.25) is 0 Å². The quantitative estimate of drug-likeness (QED) is 0.606. The normalized spacial score (nSPS) is 25.2. The fourth-order valence-electron chi connectivity index (χ4n) is 3.01. The van der Waals surface area contributed by atoms with Crippen molar-refractivity contribution in [2.45, 2.75) is 38.5 Å². The predicted molar refractivity (Wildman–Crippen MR) is 68.0 cm³/mol. The van der Waals surface area contributed by atoms with Crippen molar-refractivity contribution in [3.63, 3.8) is 0 Å². The molecule has 0 aromatic rings. The average molecular weight is 224 g/mol. The Balaban J connectivity index is 1.57. The second-order valence-corrected chi connectivity index (χ2v) is 5.50. The first kappa shape index (κ1) is 12.1. The van der Waals surface area contributed by atoms with Gasteiger partial charge in [0.05, 0.1) is 39.3 Å². The smallest absolute Gasteiger partial charge is 0.0960 e. The lowest BCUT2D eigenvalue weighted by molar-refractivity contribution is -0.901. The minimum absolute atomic E-state index is 1.27. The van der Waals surface area contributed by atoms with Crippen LogP contribution in [0.5, 0.6) is 0 Å². The molecule has 16 heavy (non-hydrogen) atoms. The van der Waals surface area contributed by atoms with Crippen LogP contribution < -0.4 is 9.80 Å². The summed E-state index contributed by atoms with van der Waals surface area (Å²) in [6, 6.07) is 0. The first-order valence-corrected chi connectivity index (χ1v) is 7.27. The molecule has 2 saturated heterocycles. The van der Waals surface area contributed by atoms with E-state index in [-0.39, 0.29) is 0 Å². The monoisotopic (exact) mass is 224 g/mol. The summed E-state index contributed by atoms with van der Waals surface area (Å²) in [6.45, 7) is 8.16. The zero-order chi connectivity index (χ0) is 11.1. The zero-order valence-corrected chi connectivity index (χ0v) is 10.6. The molecule has 0 aliphatic carbocycles. The van der Waals surface area contributed by atoms with Gasteiger partial charge in [-0.05, 0) is 50.7 Å². The van der Waals surface area contributed by atoms with Crippen LogP contribution in [0, 0.1) is 0 Å². The highest BCUT2D eigenvalue weighted by molar-refractivity contribution is 4.80. The van der Waals surface area contributed by atoms with Gasteiger partial charge < -0.3 is 9.80 Å². The van der Waals surface area contributed by atoms with Crippen molar-refractivity contribution in [2.24, 2.45) is 0 Å². The maximum atomic E-state index is 2.43. The van der Waals surface area contributed by atoms with E-state index in [0.717, 1.165) is 0 Å². The molecule has 2 fully saturated rings. The van der Waals surface area contributed by atoms with Crippen molar-refractivity contribution >= 4 is 0 Å². The summed E-state index contributed by atoms with van der Waals surface area (Å²) in [4.78, 5) is 3.60. The second-order valence-electron chi connectivity index (χ2n) is 5.50. The fraction of sp³-hybridized carbons (Fsp3) is 0.857. The first-order chi connectivity index (χ1) is 7.95. The maximum Gasteiger partial charge on any atom is 0.0960 e. The number of likely N-dealkylation sites (tertiary alicyclic amines) is 2. The molecule has 2 N–H and O–H groups in total. The summed E-state index contributed by atoms with van der Waals surface area (Å²) in [5, 5.41) is 0. The second kappa shape index (κ2) is 7.08. The number of rotatable bonds is 4. The minimum atomic E-state index is 1.27. The molecule has 0 radical (unpaired) electrons. The number of quaternary nitrogens is 2. The van der Waals surface area contributed by atoms with E-state index in [1.54, 1.807) is 9.80 Å². The highest BCUT2D eigenvalue weighted by atomic mass is 15.1. The van der Waals surface area contributed by atoms with E-state index in [9.17, 15) is 0 Å². The molecule has 92 valence electrons. The average Bonchev–Trinajstić information content (AvgIpc) is 2.37. The summed E-state index contributed by atoms with van der Waals surface area (Å²) in [6.07, 6.45) is 13.6. The Morgan fingerprint density at radius 2 is 0.938 bits per heavy atom. The molecule has 2 heterocycles. The van der Waals surface area contributed by atoms with Crippen LogP contribution in [0.1, 0.15) is 38.5 Å². The minimum Gasteiger partial charge on any atom is -0.332 e. The van der Waals surface area contributed by atoms with Crippen LogP contribution in [-0.2, 0) is 0 Å². The van der Waals surface area contributed by atoms with Crippen molar-refractivity contribution in [3.05, 3.63) is 12.2 Å². The third-order valence-corrected chi connectivity index (χ3v) is 4.10. The van der Waals surface area contributed by atoms with Gasteiger partial charge in [0.15, 0.2) is 0 Å². The van der Waals surface area contributed by atoms with Gasteiger partial charge in [0.25, 0.3) is 0 Å². The Labute approximate surface area is 100 Å². The summed E-state index contributed by atoms with van der Waals surface area (Å²) in [7, 11) is 0. The third kappa shape index (κ3) is 4.26. The fourth-order valence-corrected chi connectivity index (χ4v) is 3.01. The summed E-state index contributed by atoms with van der Waals surface area (Å²) < 4.78 is 0. The van der Waals surface area contributed by atoms with Crippen LogP contribution in [0.15, 0.2) is 12.2 Å². The molecule has 2 rings (SSSR count). The number of piperidine rings is 2. The Bertz CT molecular complexity index is 179. The van der Waals surface area contributed by atoms with Gasteiger partial charge in [-0.1, -0.05) is 0 Å². The number of nitrogens with one attached hydrogen (secondary N) is 2. The number of hydrogen-bond acceptors (Lipinski definition) is 0. The molecule has 2 aliphatic rings. The molecule has 0 spiro atoms. The van der Waals surface area contributed by atoms with Crippen molar-refractivity contribution in [3.8, 4) is 0 Å². The first-order valence-electron chi connectivity index (χ1n) is 7.27. The highest BCUT2D eigenvalue weighted by Crippen LogP contribution is 1.95. The lowest BCUT2D eigenvalue weighted by Gasteiger charge is -2.23. The standard InChI is InChI=1S/C14H26N2/c1-3-9-15(10-4-1)13-7-8-14-16-11-5-2-6-12-16/h7-8H,1-6,9-14H2/p+2/b8-7-. The molecule has 2 heteroatoms. The van der Waals surface area contributed by atoms with Crippen LogP contribution in [0.3, 0.4) is 0 Å². The van der Waals surface area contributed by atoms with E-state index < -0.39 is 0 Å². The highest BCUT2D eigenvalue weighted by Gasteiger charge is 2.12. The molecule has 0 saturated carbocycles. The molecule has 0 aromatic carbocycles. The molecular formula is C14H28N2+2. The lowest BCUT2D eigenvalue weighted by Crippen LogP contribution is -3.13. The molecule has 2 nitrogen and oxygen atoms in total. The van der Waals surface area contributed by atoms with Crippen LogP contribution in [0.25, 0.3) is 0 Å². The van der Waals surface area contributed by atoms with Crippen molar-refractivity contribution in [1.29, 1.82) is 0 Å². The maximum absolute atomic E-state index is 2.43. The molecule has 0 bridgehead atoms. The zero-order valence-electron chi connectivity index (χ0n) is 10.6. The van der Waals surface area contributed by atoms with E-state index in [0.29, 0.717) is 0 Å². The van der Waals surface area contributed by atoms with Gasteiger partial charge in [-0.25, -0.2) is 0 Å². The van der Waals surface area contributed by atoms with E-state index in [2.05, 4.69) is 12.2 Å². The van der Waals surface area contributed by atoms with E-state index in [1.165, 1.54) is 77.8 Å². The Hall–Kier alpha value is -0.340. The molecule has 2 aliphatic heterocycles. The van der Waals surface area contributed by atoms with Gasteiger partial charge >= 0.3 is 0 Å². The summed E-state index contributed by atoms with van der Waals surface area (Å²) in [5.41, 5.74) is 0. The lowest BCUT2D eigenvalue weighted by atomic mass is 10.1. The van der Waals surface area contributed by atoms with Gasteiger partial charge in [0.2, 0.25) is 0 Å². The van der Waals surface area contributed by atoms with Gasteiger partial charge in [-0.15, -0.1) is 0 Å². The van der Waals surface area contributed by atoms with Gasteiger partial charge in [-0.3, -0.25) is 0 Å². The molecule has 0 unspecified atom stereocenters. The van der Waals surface area contributed by atoms with Crippen molar-refractivity contribution in [2.75, 3.05) is 39.3 Å².